The number of fused-ring (bicyclic) bond motifs is 1. The molecule has 3 unspecified atom stereocenters. The first-order chi connectivity index (χ1) is 11.1. The van der Waals surface area contributed by atoms with Gasteiger partial charge >= 0.3 is 0 Å². The number of hydrogen-bond acceptors (Lipinski definition) is 3. The summed E-state index contributed by atoms with van der Waals surface area (Å²) in [4.78, 5) is 0. The number of rotatable bonds is 2. The van der Waals surface area contributed by atoms with Gasteiger partial charge in [-0.3, -0.25) is 4.68 Å². The molecule has 3 atom stereocenters. The van der Waals surface area contributed by atoms with Crippen LogP contribution in [0.2, 0.25) is 0 Å². The molecule has 1 aliphatic carbocycles. The lowest BCUT2D eigenvalue weighted by atomic mass is 9.67. The van der Waals surface area contributed by atoms with E-state index in [0.29, 0.717) is 17.4 Å². The van der Waals surface area contributed by atoms with Gasteiger partial charge in [0.25, 0.3) is 0 Å². The van der Waals surface area contributed by atoms with Crippen molar-refractivity contribution in [3.63, 3.8) is 0 Å². The topological polar surface area (TPSA) is 39.1 Å². The summed E-state index contributed by atoms with van der Waals surface area (Å²) in [5.41, 5.74) is 1.56. The molecule has 4 rings (SSSR count). The molecule has 23 heavy (non-hydrogen) atoms. The summed E-state index contributed by atoms with van der Waals surface area (Å²) < 4.78 is 8.58. The molecular weight excluding hydrogens is 354 g/mol. The summed E-state index contributed by atoms with van der Waals surface area (Å²) in [5.74, 6) is 1.51. The van der Waals surface area contributed by atoms with E-state index in [1.54, 1.807) is 7.11 Å². The van der Waals surface area contributed by atoms with Crippen molar-refractivity contribution in [1.29, 1.82) is 0 Å². The summed E-state index contributed by atoms with van der Waals surface area (Å²) >= 11 is 3.57. The second-order valence-electron chi connectivity index (χ2n) is 7.37. The minimum Gasteiger partial charge on any atom is -0.495 e. The molecule has 0 bridgehead atoms. The van der Waals surface area contributed by atoms with Crippen molar-refractivity contribution in [2.45, 2.75) is 38.6 Å². The Morgan fingerprint density at radius 3 is 2.96 bits per heavy atom. The Morgan fingerprint density at radius 2 is 2.26 bits per heavy atom. The molecule has 1 N–H and O–H groups in total. The molecule has 5 heteroatoms. The van der Waals surface area contributed by atoms with Crippen molar-refractivity contribution in [3.05, 3.63) is 22.8 Å². The summed E-state index contributed by atoms with van der Waals surface area (Å²) in [6.07, 6.45) is 7.40. The molecular formula is C18H24BrN3O. The van der Waals surface area contributed by atoms with Crippen molar-refractivity contribution in [2.24, 2.45) is 11.3 Å². The van der Waals surface area contributed by atoms with Crippen molar-refractivity contribution in [1.82, 2.24) is 15.1 Å². The molecule has 4 nitrogen and oxygen atoms in total. The maximum absolute atomic E-state index is 5.39. The quantitative estimate of drug-likeness (QED) is 0.854. The molecule has 1 saturated heterocycles. The molecule has 1 aromatic carbocycles. The third-order valence-electron chi connectivity index (χ3n) is 5.85. The molecule has 1 aliphatic heterocycles. The van der Waals surface area contributed by atoms with Crippen LogP contribution in [0.4, 0.5) is 0 Å². The molecule has 2 aromatic rings. The lowest BCUT2D eigenvalue weighted by Gasteiger charge is -2.41. The number of nitrogens with zero attached hydrogens (tertiary/aromatic N) is 2. The highest BCUT2D eigenvalue weighted by Crippen LogP contribution is 2.47. The molecule has 1 spiro atoms. The predicted molar refractivity (Wildman–Crippen MR) is 96.0 cm³/mol. The van der Waals surface area contributed by atoms with Crippen LogP contribution in [-0.2, 0) is 0 Å². The third kappa shape index (κ3) is 2.68. The van der Waals surface area contributed by atoms with Gasteiger partial charge in [0.1, 0.15) is 5.75 Å². The second-order valence-corrected chi connectivity index (χ2v) is 8.22. The van der Waals surface area contributed by atoms with E-state index in [-0.39, 0.29) is 0 Å². The zero-order chi connectivity index (χ0) is 16.0. The number of ether oxygens (including phenoxy) is 1. The minimum atomic E-state index is 0.512. The fraction of sp³-hybridized carbons (Fsp3) is 0.611. The lowest BCUT2D eigenvalue weighted by Crippen LogP contribution is -2.35. The first-order valence-corrected chi connectivity index (χ1v) is 9.33. The molecule has 0 radical (unpaired) electrons. The zero-order valence-electron chi connectivity index (χ0n) is 13.8. The van der Waals surface area contributed by atoms with Crippen LogP contribution in [0.25, 0.3) is 10.9 Å². The molecule has 124 valence electrons. The standard InChI is InChI=1S/C18H24BrN3O/c1-12-9-18(5-6-20-11-18)4-3-16(12)22-10-13-7-14(19)17(23-2)8-15(13)21-22/h7-8,10,12,16,20H,3-6,9,11H2,1-2H3. The van der Waals surface area contributed by atoms with Gasteiger partial charge in [-0.05, 0) is 65.6 Å². The van der Waals surface area contributed by atoms with Crippen LogP contribution < -0.4 is 10.1 Å². The van der Waals surface area contributed by atoms with Crippen LogP contribution in [0.3, 0.4) is 0 Å². The maximum Gasteiger partial charge on any atom is 0.135 e. The van der Waals surface area contributed by atoms with E-state index in [2.05, 4.69) is 45.1 Å². The van der Waals surface area contributed by atoms with Crippen LogP contribution in [0.15, 0.2) is 22.8 Å². The van der Waals surface area contributed by atoms with E-state index < -0.39 is 0 Å². The number of methoxy groups -OCH3 is 1. The van der Waals surface area contributed by atoms with Gasteiger partial charge in [0, 0.05) is 24.2 Å². The van der Waals surface area contributed by atoms with Crippen LogP contribution in [0.1, 0.15) is 38.6 Å². The normalized spacial score (nSPS) is 31.1. The van der Waals surface area contributed by atoms with Crippen molar-refractivity contribution in [2.75, 3.05) is 20.2 Å². The lowest BCUT2D eigenvalue weighted by molar-refractivity contribution is 0.111. The van der Waals surface area contributed by atoms with Gasteiger partial charge in [0.15, 0.2) is 0 Å². The summed E-state index contributed by atoms with van der Waals surface area (Å²) in [7, 11) is 1.70. The predicted octanol–water partition coefficient (Wildman–Crippen LogP) is 4.15. The van der Waals surface area contributed by atoms with Crippen LogP contribution in [0, 0.1) is 11.3 Å². The molecule has 1 saturated carbocycles. The summed E-state index contributed by atoms with van der Waals surface area (Å²) in [6, 6.07) is 4.64. The molecule has 2 heterocycles. The Labute approximate surface area is 145 Å². The zero-order valence-corrected chi connectivity index (χ0v) is 15.4. The van der Waals surface area contributed by atoms with Crippen LogP contribution in [0.5, 0.6) is 5.75 Å². The highest BCUT2D eigenvalue weighted by molar-refractivity contribution is 9.10. The van der Waals surface area contributed by atoms with Gasteiger partial charge in [-0.1, -0.05) is 6.92 Å². The van der Waals surface area contributed by atoms with E-state index in [9.17, 15) is 0 Å². The van der Waals surface area contributed by atoms with Gasteiger partial charge in [-0.2, -0.15) is 5.10 Å². The molecule has 2 aliphatic rings. The van der Waals surface area contributed by atoms with Crippen LogP contribution >= 0.6 is 15.9 Å². The fourth-order valence-electron chi connectivity index (χ4n) is 4.61. The van der Waals surface area contributed by atoms with Crippen molar-refractivity contribution < 1.29 is 4.74 Å². The number of aromatic nitrogens is 2. The Morgan fingerprint density at radius 1 is 1.39 bits per heavy atom. The Hall–Kier alpha value is -1.07. The Balaban J connectivity index is 1.61. The van der Waals surface area contributed by atoms with Crippen molar-refractivity contribution >= 4 is 26.8 Å². The monoisotopic (exact) mass is 377 g/mol. The summed E-state index contributed by atoms with van der Waals surface area (Å²) in [5, 5.41) is 9.58. The van der Waals surface area contributed by atoms with Crippen molar-refractivity contribution in [3.8, 4) is 5.75 Å². The number of nitrogens with one attached hydrogen (secondary N) is 1. The smallest absolute Gasteiger partial charge is 0.135 e. The van der Waals surface area contributed by atoms with E-state index in [0.717, 1.165) is 15.7 Å². The van der Waals surface area contributed by atoms with E-state index in [4.69, 9.17) is 9.84 Å². The third-order valence-corrected chi connectivity index (χ3v) is 6.47. The van der Waals surface area contributed by atoms with Gasteiger partial charge in [-0.25, -0.2) is 0 Å². The van der Waals surface area contributed by atoms with E-state index in [1.807, 2.05) is 6.07 Å². The van der Waals surface area contributed by atoms with Gasteiger partial charge in [0.2, 0.25) is 0 Å². The number of benzene rings is 1. The largest absolute Gasteiger partial charge is 0.495 e. The number of halogens is 1. The Bertz CT molecular complexity index is 720. The molecule has 2 fully saturated rings. The maximum atomic E-state index is 5.39. The first kappa shape index (κ1) is 15.5. The second kappa shape index (κ2) is 5.78. The molecule has 1 aromatic heterocycles. The number of hydrogen-bond donors (Lipinski definition) is 1. The molecule has 0 amide bonds. The van der Waals surface area contributed by atoms with Crippen LogP contribution in [-0.4, -0.2) is 30.0 Å². The Kier molecular flexibility index (Phi) is 3.88. The van der Waals surface area contributed by atoms with E-state index >= 15 is 0 Å². The SMILES string of the molecule is COc1cc2nn(C3CCC4(CCNC4)CC3C)cc2cc1Br. The fourth-order valence-corrected chi connectivity index (χ4v) is 5.13. The first-order valence-electron chi connectivity index (χ1n) is 8.53. The van der Waals surface area contributed by atoms with Gasteiger partial charge in [-0.15, -0.1) is 0 Å². The van der Waals surface area contributed by atoms with Gasteiger partial charge in [0.05, 0.1) is 23.1 Å². The highest BCUT2D eigenvalue weighted by atomic mass is 79.9. The highest BCUT2D eigenvalue weighted by Gasteiger charge is 2.41. The minimum absolute atomic E-state index is 0.512. The average molecular weight is 378 g/mol. The van der Waals surface area contributed by atoms with E-state index in [1.165, 1.54) is 44.2 Å². The average Bonchev–Trinajstić information content (AvgIpc) is 3.13. The summed E-state index contributed by atoms with van der Waals surface area (Å²) in [6.45, 7) is 4.79. The van der Waals surface area contributed by atoms with Gasteiger partial charge < -0.3 is 10.1 Å².